The van der Waals surface area contributed by atoms with Crippen LogP contribution in [0.5, 0.6) is 0 Å². The van der Waals surface area contributed by atoms with E-state index in [1.165, 1.54) is 5.57 Å². The van der Waals surface area contributed by atoms with E-state index < -0.39 is 0 Å². The van der Waals surface area contributed by atoms with Crippen molar-refractivity contribution in [1.82, 2.24) is 14.5 Å². The lowest BCUT2D eigenvalue weighted by atomic mass is 9.82. The molecule has 2 aliphatic heterocycles. The molecule has 1 amide bonds. The lowest BCUT2D eigenvalue weighted by Gasteiger charge is -2.43. The largest absolute Gasteiger partial charge is 0.342 e. The van der Waals surface area contributed by atoms with Gasteiger partial charge in [0.25, 0.3) is 5.56 Å². The number of nitrogens with zero attached hydrogens (tertiary/aromatic N) is 3. The van der Waals surface area contributed by atoms with E-state index >= 15 is 0 Å². The lowest BCUT2D eigenvalue weighted by Crippen LogP contribution is -2.49. The van der Waals surface area contributed by atoms with E-state index in [1.807, 2.05) is 21.6 Å². The van der Waals surface area contributed by atoms with Gasteiger partial charge in [0.2, 0.25) is 5.91 Å². The van der Waals surface area contributed by atoms with Crippen LogP contribution in [-0.2, 0) is 11.3 Å². The lowest BCUT2D eigenvalue weighted by molar-refractivity contribution is -0.133. The predicted molar refractivity (Wildman–Crippen MR) is 110 cm³/mol. The fourth-order valence-electron chi connectivity index (χ4n) is 4.51. The van der Waals surface area contributed by atoms with Crippen LogP contribution in [0.15, 0.2) is 53.1 Å². The number of aromatic nitrogens is 2. The Balaban J connectivity index is 1.58. The molecule has 1 fully saturated rings. The molecule has 0 aliphatic carbocycles. The first-order valence-electron chi connectivity index (χ1n) is 10.1. The van der Waals surface area contributed by atoms with Gasteiger partial charge in [-0.15, -0.1) is 0 Å². The monoisotopic (exact) mass is 377 g/mol. The topological polar surface area (TPSA) is 55.2 Å². The van der Waals surface area contributed by atoms with Crippen molar-refractivity contribution in [2.75, 3.05) is 13.1 Å². The highest BCUT2D eigenvalue weighted by Crippen LogP contribution is 2.36. The number of carbonyl (C=O) groups is 1. The van der Waals surface area contributed by atoms with Crippen LogP contribution < -0.4 is 5.56 Å². The number of pyridine rings is 2. The molecule has 146 valence electrons. The molecule has 0 spiro atoms. The Hall–Kier alpha value is -2.69. The molecule has 0 saturated carbocycles. The van der Waals surface area contributed by atoms with Crippen molar-refractivity contribution in [3.63, 3.8) is 0 Å². The van der Waals surface area contributed by atoms with Crippen LogP contribution in [0.4, 0.5) is 0 Å². The van der Waals surface area contributed by atoms with E-state index in [0.29, 0.717) is 25.4 Å². The van der Waals surface area contributed by atoms with Crippen LogP contribution in [0, 0.1) is 5.92 Å². The number of fused-ring (bicyclic) bond motifs is 4. The van der Waals surface area contributed by atoms with Gasteiger partial charge in [0.05, 0.1) is 0 Å². The van der Waals surface area contributed by atoms with Crippen LogP contribution in [0.25, 0.3) is 11.1 Å². The minimum atomic E-state index is 0.0504. The van der Waals surface area contributed by atoms with Gasteiger partial charge >= 0.3 is 0 Å². The number of likely N-dealkylation sites (tertiary alicyclic amines) is 1. The molecule has 4 rings (SSSR count). The average Bonchev–Trinajstić information content (AvgIpc) is 2.69. The number of hydrogen-bond acceptors (Lipinski definition) is 3. The van der Waals surface area contributed by atoms with Gasteiger partial charge < -0.3 is 9.47 Å². The fraction of sp³-hybridized carbons (Fsp3) is 0.435. The molecule has 2 bridgehead atoms. The van der Waals surface area contributed by atoms with Crippen molar-refractivity contribution in [1.29, 1.82) is 0 Å². The number of allylic oxidation sites excluding steroid dienone is 2. The summed E-state index contributed by atoms with van der Waals surface area (Å²) in [5, 5.41) is 0. The zero-order chi connectivity index (χ0) is 19.7. The molecule has 0 unspecified atom stereocenters. The predicted octanol–water partition coefficient (Wildman–Crippen LogP) is 3.60. The quantitative estimate of drug-likeness (QED) is 0.765. The Morgan fingerprint density at radius 2 is 2.07 bits per heavy atom. The summed E-state index contributed by atoms with van der Waals surface area (Å²) in [5.74, 6) is 0.816. The number of piperidine rings is 1. The minimum absolute atomic E-state index is 0.0504. The average molecular weight is 377 g/mol. The Morgan fingerprint density at radius 1 is 1.21 bits per heavy atom. The Labute approximate surface area is 165 Å². The zero-order valence-corrected chi connectivity index (χ0v) is 16.6. The molecule has 2 atom stereocenters. The highest BCUT2D eigenvalue weighted by atomic mass is 16.2. The van der Waals surface area contributed by atoms with Crippen molar-refractivity contribution in [2.45, 2.75) is 45.6 Å². The summed E-state index contributed by atoms with van der Waals surface area (Å²) in [6.07, 6.45) is 8.06. The van der Waals surface area contributed by atoms with Crippen molar-refractivity contribution < 1.29 is 4.79 Å². The SMILES string of the molecule is CC(C)=CCCC(=O)N1C[C@@H]2C[C@H](C1)c1cc(-c3cccnc3)cc(=O)n1C2. The zero-order valence-electron chi connectivity index (χ0n) is 16.6. The fourth-order valence-corrected chi connectivity index (χ4v) is 4.51. The van der Waals surface area contributed by atoms with Gasteiger partial charge in [-0.25, -0.2) is 0 Å². The van der Waals surface area contributed by atoms with E-state index in [0.717, 1.165) is 36.2 Å². The van der Waals surface area contributed by atoms with Crippen molar-refractivity contribution in [3.05, 3.63) is 64.4 Å². The molecule has 0 radical (unpaired) electrons. The van der Waals surface area contributed by atoms with Crippen LogP contribution in [0.1, 0.15) is 44.7 Å². The van der Waals surface area contributed by atoms with E-state index in [2.05, 4.69) is 31.0 Å². The maximum absolute atomic E-state index is 12.8. The molecule has 0 N–H and O–H groups in total. The number of amides is 1. The van der Waals surface area contributed by atoms with Gasteiger partial charge in [-0.1, -0.05) is 17.7 Å². The smallest absolute Gasteiger partial charge is 0.251 e. The van der Waals surface area contributed by atoms with Gasteiger partial charge in [-0.05, 0) is 50.3 Å². The second-order valence-corrected chi connectivity index (χ2v) is 8.28. The number of rotatable bonds is 4. The summed E-state index contributed by atoms with van der Waals surface area (Å²) in [5.41, 5.74) is 4.23. The molecule has 28 heavy (non-hydrogen) atoms. The third kappa shape index (κ3) is 3.79. The summed E-state index contributed by atoms with van der Waals surface area (Å²) < 4.78 is 1.92. The molecular weight excluding hydrogens is 350 g/mol. The van der Waals surface area contributed by atoms with Gasteiger partial charge in [0.15, 0.2) is 0 Å². The molecule has 5 nitrogen and oxygen atoms in total. The highest BCUT2D eigenvalue weighted by Gasteiger charge is 2.36. The van der Waals surface area contributed by atoms with E-state index in [-0.39, 0.29) is 17.4 Å². The Bertz CT molecular complexity index is 958. The summed E-state index contributed by atoms with van der Waals surface area (Å²) >= 11 is 0. The van der Waals surface area contributed by atoms with Gasteiger partial charge in [0, 0.05) is 61.7 Å². The molecule has 0 aromatic carbocycles. The van der Waals surface area contributed by atoms with Crippen molar-refractivity contribution in [2.24, 2.45) is 5.92 Å². The third-order valence-corrected chi connectivity index (χ3v) is 5.81. The first-order chi connectivity index (χ1) is 13.5. The molecule has 1 saturated heterocycles. The van der Waals surface area contributed by atoms with Crippen LogP contribution in [0.3, 0.4) is 0 Å². The third-order valence-electron chi connectivity index (χ3n) is 5.81. The van der Waals surface area contributed by atoms with Crippen LogP contribution >= 0.6 is 0 Å². The Morgan fingerprint density at radius 3 is 2.82 bits per heavy atom. The Kier molecular flexibility index (Phi) is 5.16. The first-order valence-corrected chi connectivity index (χ1v) is 10.1. The van der Waals surface area contributed by atoms with Gasteiger partial charge in [0.1, 0.15) is 0 Å². The van der Waals surface area contributed by atoms with Crippen molar-refractivity contribution in [3.8, 4) is 11.1 Å². The van der Waals surface area contributed by atoms with Gasteiger partial charge in [-0.2, -0.15) is 0 Å². The molecule has 2 aliphatic rings. The van der Waals surface area contributed by atoms with Gasteiger partial charge in [-0.3, -0.25) is 14.6 Å². The normalized spacial score (nSPS) is 20.4. The molecule has 2 aromatic rings. The maximum Gasteiger partial charge on any atom is 0.251 e. The maximum atomic E-state index is 12.8. The summed E-state index contributed by atoms with van der Waals surface area (Å²) in [6, 6.07) is 7.70. The highest BCUT2D eigenvalue weighted by molar-refractivity contribution is 5.76. The standard InChI is InChI=1S/C23H27N3O2/c1-16(2)5-3-7-22(27)25-13-17-9-20(15-25)21-10-19(11-23(28)26(21)14-17)18-6-4-8-24-12-18/h4-6,8,10-12,17,20H,3,7,9,13-15H2,1-2H3/t17-,20+/m0/s1. The summed E-state index contributed by atoms with van der Waals surface area (Å²) in [6.45, 7) is 6.30. The summed E-state index contributed by atoms with van der Waals surface area (Å²) in [7, 11) is 0. The van der Waals surface area contributed by atoms with E-state index in [9.17, 15) is 9.59 Å². The minimum Gasteiger partial charge on any atom is -0.342 e. The molecule has 4 heterocycles. The van der Waals surface area contributed by atoms with Crippen LogP contribution in [0.2, 0.25) is 0 Å². The number of hydrogen-bond donors (Lipinski definition) is 0. The molecule has 2 aromatic heterocycles. The summed E-state index contributed by atoms with van der Waals surface area (Å²) in [4.78, 5) is 31.7. The molecular formula is C23H27N3O2. The first kappa shape index (κ1) is 18.7. The second kappa shape index (κ2) is 7.74. The van der Waals surface area contributed by atoms with E-state index in [1.54, 1.807) is 18.5 Å². The number of carbonyl (C=O) groups excluding carboxylic acids is 1. The van der Waals surface area contributed by atoms with Crippen LogP contribution in [-0.4, -0.2) is 33.4 Å². The van der Waals surface area contributed by atoms with E-state index in [4.69, 9.17) is 0 Å². The van der Waals surface area contributed by atoms with Crippen molar-refractivity contribution >= 4 is 5.91 Å². The second-order valence-electron chi connectivity index (χ2n) is 8.28. The molecule has 5 heteroatoms.